The maximum atomic E-state index is 13.7. The molecule has 0 radical (unpaired) electrons. The Balaban J connectivity index is 1.64. The number of carbonyl (C=O) groups excluding carboxylic acids is 1. The third kappa shape index (κ3) is 5.75. The lowest BCUT2D eigenvalue weighted by atomic mass is 10.3. The monoisotopic (exact) mass is 466 g/mol. The lowest BCUT2D eigenvalue weighted by Gasteiger charge is -2.10. The van der Waals surface area contributed by atoms with Crippen molar-refractivity contribution in [2.45, 2.75) is 18.3 Å². The molecule has 0 atom stereocenters. The minimum atomic E-state index is -0.460. The average molecular weight is 467 g/mol. The second kappa shape index (κ2) is 10.5. The van der Waals surface area contributed by atoms with Gasteiger partial charge in [-0.2, -0.15) is 0 Å². The van der Waals surface area contributed by atoms with E-state index < -0.39 is 5.82 Å². The van der Waals surface area contributed by atoms with E-state index in [1.807, 2.05) is 0 Å². The number of rotatable bonds is 9. The van der Waals surface area contributed by atoms with Gasteiger partial charge in [0, 0.05) is 11.6 Å². The molecular formula is C20H17Cl2FN4O2S. The van der Waals surface area contributed by atoms with Gasteiger partial charge < -0.3 is 10.1 Å². The standard InChI is InChI=1S/C20H17Cl2FN4O2S/c1-2-9-27-18(11-29-17-6-4-3-5-15(17)23)25-26-20(27)30-12-19(28)24-16-10-13(21)7-8-14(16)22/h2-8,10H,1,9,11-12H2,(H,24,28). The summed E-state index contributed by atoms with van der Waals surface area (Å²) in [6, 6.07) is 10.9. The third-order valence-electron chi connectivity index (χ3n) is 3.83. The van der Waals surface area contributed by atoms with E-state index in [0.29, 0.717) is 33.3 Å². The zero-order valence-corrected chi connectivity index (χ0v) is 18.0. The van der Waals surface area contributed by atoms with E-state index in [4.69, 9.17) is 27.9 Å². The summed E-state index contributed by atoms with van der Waals surface area (Å²) < 4.78 is 21.0. The van der Waals surface area contributed by atoms with Crippen molar-refractivity contribution in [2.75, 3.05) is 11.1 Å². The van der Waals surface area contributed by atoms with E-state index in [1.54, 1.807) is 41.0 Å². The highest BCUT2D eigenvalue weighted by Crippen LogP contribution is 2.26. The first-order valence-corrected chi connectivity index (χ1v) is 10.5. The lowest BCUT2D eigenvalue weighted by molar-refractivity contribution is -0.113. The number of carbonyl (C=O) groups is 1. The van der Waals surface area contributed by atoms with E-state index in [1.165, 1.54) is 23.9 Å². The van der Waals surface area contributed by atoms with Crippen LogP contribution in [0.4, 0.5) is 10.1 Å². The molecule has 30 heavy (non-hydrogen) atoms. The molecule has 2 aromatic carbocycles. The molecule has 0 unspecified atom stereocenters. The molecular weight excluding hydrogens is 450 g/mol. The fraction of sp³-hybridized carbons (Fsp3) is 0.150. The van der Waals surface area contributed by atoms with Crippen molar-refractivity contribution in [3.63, 3.8) is 0 Å². The van der Waals surface area contributed by atoms with Crippen LogP contribution in [-0.4, -0.2) is 26.4 Å². The Morgan fingerprint density at radius 3 is 2.83 bits per heavy atom. The van der Waals surface area contributed by atoms with Crippen molar-refractivity contribution >= 4 is 46.6 Å². The molecule has 1 aromatic heterocycles. The Hall–Kier alpha value is -2.55. The molecule has 0 saturated carbocycles. The SMILES string of the molecule is C=CCn1c(COc2ccccc2F)nnc1SCC(=O)Nc1cc(Cl)ccc1Cl. The summed E-state index contributed by atoms with van der Waals surface area (Å²) in [4.78, 5) is 12.3. The smallest absolute Gasteiger partial charge is 0.234 e. The molecule has 1 heterocycles. The average Bonchev–Trinajstić information content (AvgIpc) is 3.10. The third-order valence-corrected chi connectivity index (χ3v) is 5.36. The van der Waals surface area contributed by atoms with E-state index >= 15 is 0 Å². The van der Waals surface area contributed by atoms with E-state index in [-0.39, 0.29) is 24.0 Å². The number of nitrogens with one attached hydrogen (secondary N) is 1. The van der Waals surface area contributed by atoms with Crippen LogP contribution in [0.5, 0.6) is 5.75 Å². The van der Waals surface area contributed by atoms with Crippen molar-refractivity contribution in [3.8, 4) is 5.75 Å². The second-order valence-electron chi connectivity index (χ2n) is 5.98. The van der Waals surface area contributed by atoms with Gasteiger partial charge in [0.25, 0.3) is 0 Å². The summed E-state index contributed by atoms with van der Waals surface area (Å²) >= 11 is 13.2. The first kappa shape index (κ1) is 22.1. The van der Waals surface area contributed by atoms with Crippen molar-refractivity contribution in [1.82, 2.24) is 14.8 Å². The minimum absolute atomic E-state index is 0.0205. The number of benzene rings is 2. The summed E-state index contributed by atoms with van der Waals surface area (Å²) in [5.74, 6) is -0.0528. The van der Waals surface area contributed by atoms with Crippen LogP contribution in [-0.2, 0) is 17.9 Å². The second-order valence-corrected chi connectivity index (χ2v) is 7.76. The molecule has 6 nitrogen and oxygen atoms in total. The molecule has 1 amide bonds. The molecule has 10 heteroatoms. The maximum Gasteiger partial charge on any atom is 0.234 e. The maximum absolute atomic E-state index is 13.7. The Bertz CT molecular complexity index is 1060. The topological polar surface area (TPSA) is 69.0 Å². The Morgan fingerprint density at radius 2 is 2.07 bits per heavy atom. The van der Waals surface area contributed by atoms with Crippen molar-refractivity contribution < 1.29 is 13.9 Å². The Labute approximate surface area is 187 Å². The van der Waals surface area contributed by atoms with Gasteiger partial charge in [0.1, 0.15) is 6.61 Å². The summed E-state index contributed by atoms with van der Waals surface area (Å²) in [6.07, 6.45) is 1.67. The highest BCUT2D eigenvalue weighted by molar-refractivity contribution is 7.99. The number of hydrogen-bond donors (Lipinski definition) is 1. The van der Waals surface area contributed by atoms with E-state index in [9.17, 15) is 9.18 Å². The number of nitrogens with zero attached hydrogens (tertiary/aromatic N) is 3. The van der Waals surface area contributed by atoms with Gasteiger partial charge in [0.15, 0.2) is 22.5 Å². The fourth-order valence-corrected chi connectivity index (χ4v) is 3.56. The molecule has 0 aliphatic heterocycles. The van der Waals surface area contributed by atoms with Crippen LogP contribution in [0.1, 0.15) is 5.82 Å². The van der Waals surface area contributed by atoms with Gasteiger partial charge in [0.05, 0.1) is 16.5 Å². The largest absolute Gasteiger partial charge is 0.483 e. The summed E-state index contributed by atoms with van der Waals surface area (Å²) in [6.45, 7) is 4.16. The van der Waals surface area contributed by atoms with Gasteiger partial charge >= 0.3 is 0 Å². The summed E-state index contributed by atoms with van der Waals surface area (Å²) in [7, 11) is 0. The first-order chi connectivity index (χ1) is 14.5. The molecule has 0 spiro atoms. The zero-order chi connectivity index (χ0) is 21.5. The van der Waals surface area contributed by atoms with Crippen molar-refractivity contribution in [1.29, 1.82) is 0 Å². The van der Waals surface area contributed by atoms with Gasteiger partial charge in [-0.25, -0.2) is 4.39 Å². The number of ether oxygens (including phenoxy) is 1. The number of aromatic nitrogens is 3. The number of amides is 1. The molecule has 156 valence electrons. The fourth-order valence-electron chi connectivity index (χ4n) is 2.46. The van der Waals surface area contributed by atoms with E-state index in [0.717, 1.165) is 0 Å². The van der Waals surface area contributed by atoms with Gasteiger partial charge in [0.2, 0.25) is 5.91 Å². The highest BCUT2D eigenvalue weighted by Gasteiger charge is 2.15. The molecule has 0 bridgehead atoms. The lowest BCUT2D eigenvalue weighted by Crippen LogP contribution is -2.15. The van der Waals surface area contributed by atoms with Gasteiger partial charge in [-0.15, -0.1) is 16.8 Å². The van der Waals surface area contributed by atoms with Crippen LogP contribution in [0.25, 0.3) is 0 Å². The summed E-state index contributed by atoms with van der Waals surface area (Å²) in [5, 5.41) is 12.3. The van der Waals surface area contributed by atoms with Crippen LogP contribution in [0.2, 0.25) is 10.0 Å². The number of para-hydroxylation sites is 1. The van der Waals surface area contributed by atoms with Gasteiger partial charge in [-0.3, -0.25) is 9.36 Å². The first-order valence-electron chi connectivity index (χ1n) is 8.76. The molecule has 0 aliphatic rings. The van der Waals surface area contributed by atoms with Crippen LogP contribution < -0.4 is 10.1 Å². The number of hydrogen-bond acceptors (Lipinski definition) is 5. The molecule has 3 rings (SSSR count). The van der Waals surface area contributed by atoms with Gasteiger partial charge in [-0.1, -0.05) is 53.2 Å². The van der Waals surface area contributed by atoms with Crippen LogP contribution in [0.3, 0.4) is 0 Å². The van der Waals surface area contributed by atoms with Gasteiger partial charge in [-0.05, 0) is 30.3 Å². The normalized spacial score (nSPS) is 10.6. The van der Waals surface area contributed by atoms with Crippen LogP contribution in [0.15, 0.2) is 60.3 Å². The molecule has 3 aromatic rings. The predicted molar refractivity (Wildman–Crippen MR) is 117 cm³/mol. The van der Waals surface area contributed by atoms with Crippen molar-refractivity contribution in [2.24, 2.45) is 0 Å². The van der Waals surface area contributed by atoms with E-state index in [2.05, 4.69) is 22.1 Å². The molecule has 0 aliphatic carbocycles. The number of anilines is 1. The number of thioether (sulfide) groups is 1. The highest BCUT2D eigenvalue weighted by atomic mass is 35.5. The van der Waals surface area contributed by atoms with Crippen LogP contribution in [0, 0.1) is 5.82 Å². The number of allylic oxidation sites excluding steroid dienone is 1. The molecule has 0 fully saturated rings. The summed E-state index contributed by atoms with van der Waals surface area (Å²) in [5.41, 5.74) is 0.432. The number of halogens is 3. The molecule has 0 saturated heterocycles. The Kier molecular flexibility index (Phi) is 7.73. The Morgan fingerprint density at radius 1 is 1.27 bits per heavy atom. The zero-order valence-electron chi connectivity index (χ0n) is 15.6. The molecule has 1 N–H and O–H groups in total. The minimum Gasteiger partial charge on any atom is -0.483 e. The van der Waals surface area contributed by atoms with Crippen LogP contribution >= 0.6 is 35.0 Å². The quantitative estimate of drug-likeness (QED) is 0.345. The predicted octanol–water partition coefficient (Wildman–Crippen LogP) is 5.22. The van der Waals surface area contributed by atoms with Crippen molar-refractivity contribution in [3.05, 3.63) is 76.8 Å².